The summed E-state index contributed by atoms with van der Waals surface area (Å²) in [6, 6.07) is 6.59. The lowest BCUT2D eigenvalue weighted by molar-refractivity contribution is -0.141. The molecule has 160 valence electrons. The molecule has 0 N–H and O–H groups in total. The number of hydrogen-bond donors (Lipinski definition) is 0. The Bertz CT molecular complexity index is 1060. The molecule has 4 rings (SSSR count). The fourth-order valence-corrected chi connectivity index (χ4v) is 5.43. The van der Waals surface area contributed by atoms with E-state index in [9.17, 15) is 26.4 Å². The van der Waals surface area contributed by atoms with Gasteiger partial charge in [-0.25, -0.2) is 8.42 Å². The van der Waals surface area contributed by atoms with Crippen LogP contribution in [0.2, 0.25) is 0 Å². The number of rotatable bonds is 3. The predicted molar refractivity (Wildman–Crippen MR) is 104 cm³/mol. The van der Waals surface area contributed by atoms with Gasteiger partial charge in [0, 0.05) is 31.5 Å². The molecular formula is C20H20F3N3O3S. The lowest BCUT2D eigenvalue weighted by atomic mass is 10.0. The van der Waals surface area contributed by atoms with Crippen LogP contribution in [0.5, 0.6) is 0 Å². The Morgan fingerprint density at radius 1 is 1.00 bits per heavy atom. The van der Waals surface area contributed by atoms with Crippen LogP contribution in [0.25, 0.3) is 0 Å². The number of aryl methyl sites for hydroxylation is 1. The molecule has 1 aromatic heterocycles. The van der Waals surface area contributed by atoms with Crippen molar-refractivity contribution in [2.75, 3.05) is 24.5 Å². The van der Waals surface area contributed by atoms with E-state index < -0.39 is 27.8 Å². The van der Waals surface area contributed by atoms with E-state index in [1.54, 1.807) is 12.1 Å². The highest BCUT2D eigenvalue weighted by atomic mass is 32.2. The molecule has 2 aromatic rings. The zero-order valence-electron chi connectivity index (χ0n) is 16.0. The molecule has 6 nitrogen and oxygen atoms in total. The van der Waals surface area contributed by atoms with Crippen molar-refractivity contribution in [3.8, 4) is 0 Å². The smallest absolute Gasteiger partial charge is 0.308 e. The lowest BCUT2D eigenvalue weighted by Gasteiger charge is -2.30. The predicted octanol–water partition coefficient (Wildman–Crippen LogP) is 3.48. The van der Waals surface area contributed by atoms with Crippen molar-refractivity contribution in [3.63, 3.8) is 0 Å². The van der Waals surface area contributed by atoms with Gasteiger partial charge in [0.05, 0.1) is 10.5 Å². The third-order valence-corrected chi connectivity index (χ3v) is 7.31. The van der Waals surface area contributed by atoms with Crippen molar-refractivity contribution in [2.45, 2.75) is 36.8 Å². The highest BCUT2D eigenvalue weighted by Crippen LogP contribution is 2.33. The number of alkyl halides is 3. The Morgan fingerprint density at radius 3 is 2.37 bits per heavy atom. The molecule has 0 unspecified atom stereocenters. The maximum absolute atomic E-state index is 12.9. The molecule has 0 saturated carbocycles. The average Bonchev–Trinajstić information content (AvgIpc) is 3.28. The molecule has 1 fully saturated rings. The Kier molecular flexibility index (Phi) is 5.31. The van der Waals surface area contributed by atoms with E-state index in [0.29, 0.717) is 38.2 Å². The van der Waals surface area contributed by atoms with Gasteiger partial charge < -0.3 is 4.90 Å². The fourth-order valence-electron chi connectivity index (χ4n) is 3.87. The van der Waals surface area contributed by atoms with Crippen LogP contribution in [-0.2, 0) is 22.6 Å². The molecule has 30 heavy (non-hydrogen) atoms. The van der Waals surface area contributed by atoms with Gasteiger partial charge in [-0.15, -0.1) is 0 Å². The summed E-state index contributed by atoms with van der Waals surface area (Å²) in [6.45, 7) is 1.40. The molecule has 0 aliphatic carbocycles. The second-order valence-corrected chi connectivity index (χ2v) is 9.33. The number of benzene rings is 1. The second-order valence-electron chi connectivity index (χ2n) is 7.39. The molecule has 2 aliphatic heterocycles. The van der Waals surface area contributed by atoms with Crippen LogP contribution in [0.15, 0.2) is 41.4 Å². The number of amides is 1. The molecule has 2 aliphatic rings. The summed E-state index contributed by atoms with van der Waals surface area (Å²) >= 11 is 0. The van der Waals surface area contributed by atoms with Gasteiger partial charge in [0.2, 0.25) is 10.0 Å². The highest BCUT2D eigenvalue weighted by Gasteiger charge is 2.33. The topological polar surface area (TPSA) is 70.6 Å². The molecule has 0 bridgehead atoms. The van der Waals surface area contributed by atoms with Crippen LogP contribution in [0, 0.1) is 0 Å². The molecule has 1 aromatic carbocycles. The van der Waals surface area contributed by atoms with Crippen molar-refractivity contribution in [1.29, 1.82) is 0 Å². The van der Waals surface area contributed by atoms with Gasteiger partial charge in [0.15, 0.2) is 0 Å². The quantitative estimate of drug-likeness (QED) is 0.734. The fraction of sp³-hybridized carbons (Fsp3) is 0.400. The van der Waals surface area contributed by atoms with E-state index >= 15 is 0 Å². The van der Waals surface area contributed by atoms with Gasteiger partial charge in [-0.1, -0.05) is 0 Å². The summed E-state index contributed by atoms with van der Waals surface area (Å²) in [5.41, 5.74) is 0.292. The third kappa shape index (κ3) is 3.81. The third-order valence-electron chi connectivity index (χ3n) is 5.42. The van der Waals surface area contributed by atoms with E-state index in [-0.39, 0.29) is 10.5 Å². The Balaban J connectivity index is 1.62. The van der Waals surface area contributed by atoms with Crippen LogP contribution in [0.1, 0.15) is 40.9 Å². The van der Waals surface area contributed by atoms with Gasteiger partial charge in [0.25, 0.3) is 5.91 Å². The standard InChI is InChI=1S/C20H20F3N3O3S/c21-20(22,23)18-8-5-15(13-24-18)19(27)26-11-3-4-14-12-16(6-7-17(14)26)30(28,29)25-9-1-2-10-25/h5-8,12-13H,1-4,9-11H2. The van der Waals surface area contributed by atoms with Gasteiger partial charge in [-0.05, 0) is 61.6 Å². The van der Waals surface area contributed by atoms with Crippen molar-refractivity contribution < 1.29 is 26.4 Å². The zero-order valence-corrected chi connectivity index (χ0v) is 16.8. The number of aromatic nitrogens is 1. The van der Waals surface area contributed by atoms with Crippen LogP contribution >= 0.6 is 0 Å². The monoisotopic (exact) mass is 439 g/mol. The maximum Gasteiger partial charge on any atom is 0.433 e. The lowest BCUT2D eigenvalue weighted by Crippen LogP contribution is -2.36. The van der Waals surface area contributed by atoms with Crippen molar-refractivity contribution >= 4 is 21.6 Å². The van der Waals surface area contributed by atoms with Gasteiger partial charge >= 0.3 is 6.18 Å². The first-order chi connectivity index (χ1) is 14.2. The summed E-state index contributed by atoms with van der Waals surface area (Å²) in [5, 5.41) is 0. The summed E-state index contributed by atoms with van der Waals surface area (Å²) < 4.78 is 65.2. The van der Waals surface area contributed by atoms with E-state index in [1.165, 1.54) is 15.3 Å². The highest BCUT2D eigenvalue weighted by molar-refractivity contribution is 7.89. The van der Waals surface area contributed by atoms with Crippen LogP contribution < -0.4 is 4.90 Å². The molecule has 0 radical (unpaired) electrons. The number of halogens is 3. The van der Waals surface area contributed by atoms with Crippen molar-refractivity contribution in [1.82, 2.24) is 9.29 Å². The first kappa shape index (κ1) is 20.8. The molecule has 0 spiro atoms. The SMILES string of the molecule is O=C(c1ccc(C(F)(F)F)nc1)N1CCCc2cc(S(=O)(=O)N3CCCC3)ccc21. The number of fused-ring (bicyclic) bond motifs is 1. The van der Waals surface area contributed by atoms with Crippen LogP contribution in [-0.4, -0.2) is 43.2 Å². The summed E-state index contributed by atoms with van der Waals surface area (Å²) in [5.74, 6) is -0.465. The first-order valence-electron chi connectivity index (χ1n) is 9.66. The number of anilines is 1. The van der Waals surface area contributed by atoms with Gasteiger partial charge in [-0.3, -0.25) is 9.78 Å². The van der Waals surface area contributed by atoms with E-state index in [4.69, 9.17) is 0 Å². The number of sulfonamides is 1. The van der Waals surface area contributed by atoms with Crippen LogP contribution in [0.3, 0.4) is 0 Å². The van der Waals surface area contributed by atoms with E-state index in [0.717, 1.165) is 36.7 Å². The Hall–Kier alpha value is -2.46. The molecule has 3 heterocycles. The number of nitrogens with zero attached hydrogens (tertiary/aromatic N) is 3. The summed E-state index contributed by atoms with van der Waals surface area (Å²) in [4.78, 5) is 17.9. The van der Waals surface area contributed by atoms with Crippen molar-refractivity contribution in [3.05, 3.63) is 53.3 Å². The minimum Gasteiger partial charge on any atom is -0.308 e. The molecular weight excluding hydrogens is 419 g/mol. The normalized spacial score (nSPS) is 17.8. The summed E-state index contributed by atoms with van der Waals surface area (Å²) in [7, 11) is -3.57. The number of hydrogen-bond acceptors (Lipinski definition) is 4. The minimum absolute atomic E-state index is 0.0459. The Morgan fingerprint density at radius 2 is 1.73 bits per heavy atom. The maximum atomic E-state index is 12.9. The second kappa shape index (κ2) is 7.66. The molecule has 1 amide bonds. The zero-order chi connectivity index (χ0) is 21.5. The number of carbonyl (C=O) groups is 1. The van der Waals surface area contributed by atoms with Crippen LogP contribution in [0.4, 0.5) is 18.9 Å². The van der Waals surface area contributed by atoms with Gasteiger partial charge in [0.1, 0.15) is 5.69 Å². The Labute approximate surface area is 172 Å². The first-order valence-corrected chi connectivity index (χ1v) is 11.1. The van der Waals surface area contributed by atoms with Gasteiger partial charge in [-0.2, -0.15) is 17.5 Å². The molecule has 1 saturated heterocycles. The minimum atomic E-state index is -4.57. The van der Waals surface area contributed by atoms with E-state index in [1.807, 2.05) is 0 Å². The summed E-state index contributed by atoms with van der Waals surface area (Å²) in [6.07, 6.45) is -0.725. The van der Waals surface area contributed by atoms with E-state index in [2.05, 4.69) is 4.98 Å². The number of pyridine rings is 1. The number of carbonyl (C=O) groups excluding carboxylic acids is 1. The van der Waals surface area contributed by atoms with Crippen molar-refractivity contribution in [2.24, 2.45) is 0 Å². The molecule has 10 heteroatoms. The largest absolute Gasteiger partial charge is 0.433 e. The molecule has 0 atom stereocenters. The average molecular weight is 439 g/mol.